The van der Waals surface area contributed by atoms with Gasteiger partial charge in [0.1, 0.15) is 0 Å². The second-order valence-corrected chi connectivity index (χ2v) is 8.80. The molecule has 2 aromatic carbocycles. The summed E-state index contributed by atoms with van der Waals surface area (Å²) in [6.07, 6.45) is 0. The van der Waals surface area contributed by atoms with Gasteiger partial charge in [0.15, 0.2) is 0 Å². The van der Waals surface area contributed by atoms with E-state index in [0.717, 1.165) is 18.2 Å². The van der Waals surface area contributed by atoms with Gasteiger partial charge < -0.3 is 0 Å². The summed E-state index contributed by atoms with van der Waals surface area (Å²) in [5.41, 5.74) is -0.0497. The van der Waals surface area contributed by atoms with E-state index in [-0.39, 0.29) is 21.4 Å². The van der Waals surface area contributed by atoms with Crippen molar-refractivity contribution in [1.29, 1.82) is 0 Å². The number of phenolic OH excluding ortho intramolecular Hbond substituents is 1. The van der Waals surface area contributed by atoms with E-state index >= 15 is 0 Å². The van der Waals surface area contributed by atoms with Crippen LogP contribution >= 0.6 is 11.6 Å². The number of hydrogen-bond acceptors (Lipinski definition) is 5. The van der Waals surface area contributed by atoms with E-state index in [9.17, 15) is 22.5 Å². The molecule has 24 heavy (non-hydrogen) atoms. The molecule has 0 saturated heterocycles. The zero-order chi connectivity index (χ0) is 17.9. The molecule has 126 valence electrons. The Balaban J connectivity index is 2.33. The predicted octanol–water partition coefficient (Wildman–Crippen LogP) is 1.43. The van der Waals surface area contributed by atoms with E-state index in [2.05, 4.69) is 5.32 Å². The third-order valence-electron chi connectivity index (χ3n) is 2.88. The van der Waals surface area contributed by atoms with Crippen LogP contribution in [0.1, 0.15) is 17.3 Å². The van der Waals surface area contributed by atoms with Gasteiger partial charge in [-0.1, -0.05) is 0 Å². The van der Waals surface area contributed by atoms with Gasteiger partial charge in [-0.2, -0.15) is 0 Å². The van der Waals surface area contributed by atoms with E-state index in [1.54, 1.807) is 0 Å². The molecule has 0 fully saturated rings. The van der Waals surface area contributed by atoms with Crippen LogP contribution in [0.4, 0.5) is 5.69 Å². The molecule has 9 heteroatoms. The second kappa shape index (κ2) is 7.13. The molecule has 1 amide bonds. The number of carbonyl (C=O) groups is 2. The number of hydrogen-bond donors (Lipinski definition) is 3. The number of carbonyl (C=O) groups excluding carboxylic acids is 2. The Labute approximate surface area is 145 Å². The van der Waals surface area contributed by atoms with Crippen LogP contribution in [0.3, 0.4) is 0 Å². The Kier molecular flexibility index (Phi) is 5.39. The van der Waals surface area contributed by atoms with Gasteiger partial charge >= 0.3 is 145 Å². The van der Waals surface area contributed by atoms with Crippen molar-refractivity contribution in [3.63, 3.8) is 0 Å². The summed E-state index contributed by atoms with van der Waals surface area (Å²) in [6, 6.07) is 8.96. The summed E-state index contributed by atoms with van der Waals surface area (Å²) in [7, 11) is 0. The molecular formula is C15H13AsClNO6. The molecule has 0 aliphatic rings. The van der Waals surface area contributed by atoms with Crippen LogP contribution < -0.4 is 9.67 Å². The van der Waals surface area contributed by atoms with Crippen LogP contribution in [0.15, 0.2) is 42.5 Å². The number of phenols is 1. The average molecular weight is 414 g/mol. The minimum absolute atomic E-state index is 0.0509. The fraction of sp³-hybridized carbons (Fsp3) is 0.0667. The number of rotatable bonds is 4. The van der Waals surface area contributed by atoms with E-state index in [1.807, 2.05) is 0 Å². The molecule has 0 aliphatic heterocycles. The Morgan fingerprint density at radius 1 is 1.17 bits per heavy atom. The Morgan fingerprint density at radius 3 is 2.38 bits per heavy atom. The van der Waals surface area contributed by atoms with Crippen molar-refractivity contribution in [2.45, 2.75) is 6.92 Å². The fourth-order valence-corrected chi connectivity index (χ4v) is 4.33. The molecule has 2 aromatic rings. The van der Waals surface area contributed by atoms with E-state index in [4.69, 9.17) is 15.3 Å². The van der Waals surface area contributed by atoms with Gasteiger partial charge in [-0.15, -0.1) is 0 Å². The SMILES string of the molecule is CC(=O)Nc1cc(O)ccc1[As](=O)(O)OC(=O)c1ccc(Cl)cc1. The third kappa shape index (κ3) is 4.41. The number of anilines is 1. The van der Waals surface area contributed by atoms with Gasteiger partial charge in [-0.25, -0.2) is 0 Å². The normalized spacial score (nSPS) is 13.0. The molecule has 7 nitrogen and oxygen atoms in total. The number of nitrogens with one attached hydrogen (secondary N) is 1. The van der Waals surface area contributed by atoms with Gasteiger partial charge in [0, 0.05) is 0 Å². The first-order valence-electron chi connectivity index (χ1n) is 6.62. The molecule has 1 unspecified atom stereocenters. The maximum absolute atomic E-state index is 12.5. The second-order valence-electron chi connectivity index (χ2n) is 4.79. The van der Waals surface area contributed by atoms with E-state index in [0.29, 0.717) is 5.02 Å². The van der Waals surface area contributed by atoms with Crippen LogP contribution in [-0.4, -0.2) is 35.3 Å². The van der Waals surface area contributed by atoms with E-state index in [1.165, 1.54) is 31.2 Å². The van der Waals surface area contributed by atoms with Crippen molar-refractivity contribution < 1.29 is 26.3 Å². The topological polar surface area (TPSA) is 113 Å². The van der Waals surface area contributed by atoms with Gasteiger partial charge in [0.2, 0.25) is 0 Å². The summed E-state index contributed by atoms with van der Waals surface area (Å²) in [5, 5.41) is 12.2. The Hall–Kier alpha value is -2.21. The first-order chi connectivity index (χ1) is 11.2. The van der Waals surface area contributed by atoms with Crippen molar-refractivity contribution in [2.75, 3.05) is 5.32 Å². The maximum atomic E-state index is 12.5. The zero-order valence-electron chi connectivity index (χ0n) is 12.4. The molecule has 3 N–H and O–H groups in total. The third-order valence-corrected chi connectivity index (χ3v) is 6.10. The molecule has 1 atom stereocenters. The first-order valence-corrected chi connectivity index (χ1v) is 10.3. The monoisotopic (exact) mass is 413 g/mol. The van der Waals surface area contributed by atoms with Crippen molar-refractivity contribution in [3.8, 4) is 5.75 Å². The summed E-state index contributed by atoms with van der Waals surface area (Å²) in [5.74, 6) is -1.73. The van der Waals surface area contributed by atoms with Gasteiger partial charge in [-0.3, -0.25) is 0 Å². The van der Waals surface area contributed by atoms with Gasteiger partial charge in [0.05, 0.1) is 0 Å². The van der Waals surface area contributed by atoms with Crippen molar-refractivity contribution in [3.05, 3.63) is 53.1 Å². The summed E-state index contributed by atoms with van der Waals surface area (Å²) >= 11 is 0.388. The molecule has 0 bridgehead atoms. The standard InChI is InChI=1S/C15H13AsClNO6/c1-9(19)18-14-8-12(20)6-7-13(14)16(22,23)24-15(21)10-2-4-11(17)5-3-10/h2-8,20H,1H3,(H,18,19)(H,22,23). The van der Waals surface area contributed by atoms with Crippen LogP contribution in [-0.2, 0) is 12.3 Å². The van der Waals surface area contributed by atoms with Gasteiger partial charge in [0.25, 0.3) is 0 Å². The van der Waals surface area contributed by atoms with Crippen LogP contribution in [0.25, 0.3) is 0 Å². The van der Waals surface area contributed by atoms with Gasteiger partial charge in [-0.05, 0) is 0 Å². The predicted molar refractivity (Wildman–Crippen MR) is 87.6 cm³/mol. The summed E-state index contributed by atoms with van der Waals surface area (Å²) in [4.78, 5) is 23.2. The summed E-state index contributed by atoms with van der Waals surface area (Å²) < 4.78 is 27.2. The van der Waals surface area contributed by atoms with Crippen molar-refractivity contribution in [1.82, 2.24) is 0 Å². The number of amides is 1. The average Bonchev–Trinajstić information content (AvgIpc) is 2.46. The molecule has 0 heterocycles. The minimum atomic E-state index is -5.32. The molecule has 0 aromatic heterocycles. The molecule has 0 aliphatic carbocycles. The first kappa shape index (κ1) is 18.1. The Morgan fingerprint density at radius 2 is 1.79 bits per heavy atom. The quantitative estimate of drug-likeness (QED) is 0.654. The number of benzene rings is 2. The zero-order valence-corrected chi connectivity index (χ0v) is 15.0. The molecule has 0 saturated carbocycles. The fourth-order valence-electron chi connectivity index (χ4n) is 1.86. The van der Waals surface area contributed by atoms with Crippen molar-refractivity contribution in [2.24, 2.45) is 0 Å². The van der Waals surface area contributed by atoms with Crippen LogP contribution in [0.2, 0.25) is 5.02 Å². The van der Waals surface area contributed by atoms with Crippen LogP contribution in [0.5, 0.6) is 5.75 Å². The number of halogens is 1. The Bertz CT molecular complexity index is 836. The van der Waals surface area contributed by atoms with E-state index < -0.39 is 26.0 Å². The van der Waals surface area contributed by atoms with Crippen molar-refractivity contribution >= 4 is 47.7 Å². The van der Waals surface area contributed by atoms with Crippen LogP contribution in [0, 0.1) is 0 Å². The molecule has 2 rings (SSSR count). The molecular weight excluding hydrogens is 401 g/mol. The molecule has 0 spiro atoms. The number of aromatic hydroxyl groups is 1. The summed E-state index contributed by atoms with van der Waals surface area (Å²) in [6.45, 7) is 1.20. The molecule has 0 radical (unpaired) electrons.